The van der Waals surface area contributed by atoms with Crippen LogP contribution in [-0.4, -0.2) is 24.2 Å². The highest BCUT2D eigenvalue weighted by atomic mass is 35.5. The van der Waals surface area contributed by atoms with Crippen molar-refractivity contribution < 1.29 is 9.90 Å². The highest BCUT2D eigenvalue weighted by Gasteiger charge is 2.47. The molecule has 2 N–H and O–H groups in total. The zero-order valence-corrected chi connectivity index (χ0v) is 7.69. The minimum Gasteiger partial charge on any atom is -0.481 e. The van der Waals surface area contributed by atoms with Gasteiger partial charge < -0.3 is 10.4 Å². The first-order chi connectivity index (χ1) is 5.23. The molecule has 2 fully saturated rings. The van der Waals surface area contributed by atoms with Crippen LogP contribution in [0.4, 0.5) is 0 Å². The summed E-state index contributed by atoms with van der Waals surface area (Å²) >= 11 is 0. The summed E-state index contributed by atoms with van der Waals surface area (Å²) in [5.74, 6) is 0.0204. The highest BCUT2D eigenvalue weighted by molar-refractivity contribution is 5.85. The van der Waals surface area contributed by atoms with E-state index in [0.717, 1.165) is 25.8 Å². The minimum atomic E-state index is -0.604. The van der Waals surface area contributed by atoms with Crippen LogP contribution >= 0.6 is 12.4 Å². The summed E-state index contributed by atoms with van der Waals surface area (Å²) in [7, 11) is 0. The van der Waals surface area contributed by atoms with Crippen LogP contribution in [0.25, 0.3) is 0 Å². The van der Waals surface area contributed by atoms with E-state index < -0.39 is 11.4 Å². The first-order valence-electron chi connectivity index (χ1n) is 4.17. The predicted molar refractivity (Wildman–Crippen MR) is 47.5 cm³/mol. The molecule has 0 aromatic rings. The summed E-state index contributed by atoms with van der Waals surface area (Å²) in [4.78, 5) is 10.9. The van der Waals surface area contributed by atoms with E-state index >= 15 is 0 Å². The lowest BCUT2D eigenvalue weighted by Crippen LogP contribution is -2.44. The van der Waals surface area contributed by atoms with Gasteiger partial charge >= 0.3 is 5.97 Å². The van der Waals surface area contributed by atoms with Crippen LogP contribution in [0.5, 0.6) is 0 Å². The third-order valence-corrected chi connectivity index (χ3v) is 3.06. The van der Waals surface area contributed by atoms with Gasteiger partial charge in [0.15, 0.2) is 0 Å². The van der Waals surface area contributed by atoms with Crippen LogP contribution in [0.3, 0.4) is 0 Å². The summed E-state index contributed by atoms with van der Waals surface area (Å²) in [6.07, 6.45) is 2.87. The molecule has 3 nitrogen and oxygen atoms in total. The summed E-state index contributed by atoms with van der Waals surface area (Å²) in [6.45, 7) is 1.70. The van der Waals surface area contributed by atoms with Crippen molar-refractivity contribution in [3.63, 3.8) is 0 Å². The van der Waals surface area contributed by atoms with Gasteiger partial charge in [0.2, 0.25) is 0 Å². The van der Waals surface area contributed by atoms with Gasteiger partial charge in [-0.1, -0.05) is 0 Å². The Kier molecular flexibility index (Phi) is 2.64. The normalized spacial score (nSPS) is 38.8. The van der Waals surface area contributed by atoms with Gasteiger partial charge in [-0.2, -0.15) is 0 Å². The van der Waals surface area contributed by atoms with Crippen molar-refractivity contribution in [3.8, 4) is 0 Å². The van der Waals surface area contributed by atoms with E-state index in [9.17, 15) is 4.79 Å². The largest absolute Gasteiger partial charge is 0.481 e. The first-order valence-corrected chi connectivity index (χ1v) is 4.17. The molecule has 12 heavy (non-hydrogen) atoms. The lowest BCUT2D eigenvalue weighted by molar-refractivity contribution is -0.149. The van der Waals surface area contributed by atoms with Crippen molar-refractivity contribution in [2.24, 2.45) is 11.3 Å². The Balaban J connectivity index is 0.000000720. The van der Waals surface area contributed by atoms with E-state index in [4.69, 9.17) is 5.11 Å². The molecule has 0 spiro atoms. The van der Waals surface area contributed by atoms with Gasteiger partial charge in [-0.3, -0.25) is 4.79 Å². The van der Waals surface area contributed by atoms with E-state index in [-0.39, 0.29) is 12.4 Å². The Labute approximate surface area is 77.9 Å². The average molecular weight is 192 g/mol. The number of nitrogens with one attached hydrogen (secondary N) is 1. The van der Waals surface area contributed by atoms with E-state index in [0.29, 0.717) is 12.5 Å². The maximum Gasteiger partial charge on any atom is 0.310 e. The Morgan fingerprint density at radius 1 is 1.58 bits per heavy atom. The van der Waals surface area contributed by atoms with E-state index in [1.165, 1.54) is 0 Å². The molecule has 0 aromatic carbocycles. The molecular weight excluding hydrogens is 178 g/mol. The molecule has 0 radical (unpaired) electrons. The minimum absolute atomic E-state index is 0. The van der Waals surface area contributed by atoms with Crippen LogP contribution in [0.2, 0.25) is 0 Å². The molecule has 2 bridgehead atoms. The van der Waals surface area contributed by atoms with E-state index in [1.807, 2.05) is 0 Å². The molecule has 2 atom stereocenters. The molecular formula is C8H14ClNO2. The van der Waals surface area contributed by atoms with Crippen molar-refractivity contribution in [1.29, 1.82) is 0 Å². The van der Waals surface area contributed by atoms with E-state index in [2.05, 4.69) is 5.32 Å². The fourth-order valence-electron chi connectivity index (χ4n) is 2.36. The van der Waals surface area contributed by atoms with Crippen molar-refractivity contribution in [2.75, 3.05) is 13.1 Å². The molecule has 1 saturated heterocycles. The quantitative estimate of drug-likeness (QED) is 0.647. The van der Waals surface area contributed by atoms with Crippen LogP contribution in [0.1, 0.15) is 19.3 Å². The number of fused-ring (bicyclic) bond motifs is 2. The SMILES string of the molecule is Cl.O=C(O)C12CCC(CNC1)C2. The standard InChI is InChI=1S/C8H13NO2.ClH/c10-7(11)8-2-1-6(3-8)4-9-5-8;/h6,9H,1-5H2,(H,10,11);1H. The molecule has 1 saturated carbocycles. The number of aliphatic carboxylic acids is 1. The topological polar surface area (TPSA) is 49.3 Å². The van der Waals surface area contributed by atoms with Crippen LogP contribution in [-0.2, 0) is 4.79 Å². The number of piperidine rings is 1. The number of carboxylic acids is 1. The molecule has 1 aliphatic heterocycles. The number of carbonyl (C=O) groups is 1. The zero-order valence-electron chi connectivity index (χ0n) is 6.88. The third-order valence-electron chi connectivity index (χ3n) is 3.06. The molecule has 2 unspecified atom stereocenters. The number of carboxylic acid groups (broad SMARTS) is 1. The van der Waals surface area contributed by atoms with Crippen molar-refractivity contribution in [2.45, 2.75) is 19.3 Å². The molecule has 1 aliphatic carbocycles. The number of hydrogen-bond donors (Lipinski definition) is 2. The molecule has 0 amide bonds. The zero-order chi connectivity index (χ0) is 7.90. The van der Waals surface area contributed by atoms with Crippen LogP contribution in [0, 0.1) is 11.3 Å². The second kappa shape index (κ2) is 3.23. The molecule has 4 heteroatoms. The van der Waals surface area contributed by atoms with Crippen LogP contribution in [0.15, 0.2) is 0 Å². The summed E-state index contributed by atoms with van der Waals surface area (Å²) < 4.78 is 0. The Bertz CT molecular complexity index is 193. The highest BCUT2D eigenvalue weighted by Crippen LogP contribution is 2.43. The van der Waals surface area contributed by atoms with Gasteiger partial charge in [0.1, 0.15) is 0 Å². The van der Waals surface area contributed by atoms with Gasteiger partial charge in [0, 0.05) is 6.54 Å². The second-order valence-corrected chi connectivity index (χ2v) is 3.83. The average Bonchev–Trinajstić information content (AvgIpc) is 2.29. The third kappa shape index (κ3) is 1.31. The Morgan fingerprint density at radius 3 is 2.92 bits per heavy atom. The summed E-state index contributed by atoms with van der Waals surface area (Å²) in [6, 6.07) is 0. The van der Waals surface area contributed by atoms with Gasteiger partial charge in [0.25, 0.3) is 0 Å². The van der Waals surface area contributed by atoms with Gasteiger partial charge in [-0.25, -0.2) is 0 Å². The van der Waals surface area contributed by atoms with Gasteiger partial charge in [0.05, 0.1) is 5.41 Å². The lowest BCUT2D eigenvalue weighted by atomic mass is 9.83. The van der Waals surface area contributed by atoms with Gasteiger partial charge in [-0.15, -0.1) is 12.4 Å². The molecule has 1 heterocycles. The van der Waals surface area contributed by atoms with Crippen LogP contribution < -0.4 is 5.32 Å². The maximum absolute atomic E-state index is 10.9. The van der Waals surface area contributed by atoms with Crippen molar-refractivity contribution >= 4 is 18.4 Å². The fraction of sp³-hybridized carbons (Fsp3) is 0.875. The van der Waals surface area contributed by atoms with Crippen molar-refractivity contribution in [3.05, 3.63) is 0 Å². The summed E-state index contributed by atoms with van der Waals surface area (Å²) in [5, 5.41) is 12.2. The van der Waals surface area contributed by atoms with Gasteiger partial charge in [-0.05, 0) is 31.7 Å². The maximum atomic E-state index is 10.9. The Morgan fingerprint density at radius 2 is 2.33 bits per heavy atom. The molecule has 2 aliphatic rings. The summed E-state index contributed by atoms with van der Waals surface area (Å²) in [5.41, 5.74) is -0.400. The smallest absolute Gasteiger partial charge is 0.310 e. The number of hydrogen-bond acceptors (Lipinski definition) is 2. The monoisotopic (exact) mass is 191 g/mol. The first kappa shape index (κ1) is 9.81. The van der Waals surface area contributed by atoms with E-state index in [1.54, 1.807) is 0 Å². The molecule has 70 valence electrons. The second-order valence-electron chi connectivity index (χ2n) is 3.83. The number of rotatable bonds is 1. The molecule has 2 rings (SSSR count). The molecule has 0 aromatic heterocycles. The lowest BCUT2D eigenvalue weighted by Gasteiger charge is -2.29. The fourth-order valence-corrected chi connectivity index (χ4v) is 2.36. The Hall–Kier alpha value is -0.280. The predicted octanol–water partition coefficient (Wildman–Crippen LogP) is 0.882. The number of halogens is 1. The van der Waals surface area contributed by atoms with Crippen molar-refractivity contribution in [1.82, 2.24) is 5.32 Å².